The van der Waals surface area contributed by atoms with Crippen molar-refractivity contribution in [1.29, 1.82) is 0 Å². The minimum absolute atomic E-state index is 0.0562. The summed E-state index contributed by atoms with van der Waals surface area (Å²) in [6.45, 7) is 4.57. The molecule has 236 valence electrons. The number of nitrogens with one attached hydrogen (secondary N) is 3. The van der Waals surface area contributed by atoms with Crippen molar-refractivity contribution in [1.82, 2.24) is 35.7 Å². The molecule has 1 rings (SSSR count). The standard InChI is InChI=1S/C25H47N7O9/c1-2-3-4-5-6-26-25(40)27-7-16-41-28-21(33)17-29-8-10-30(18-22(34)35)12-14-32(20-24(38)39)15-13-31(11-9-29)19-23(36)37/h2-20H2,1H3,(H,28,33)(H,34,35)(H,36,37)(H,38,39)(H2,26,27,40). The van der Waals surface area contributed by atoms with Gasteiger partial charge in [0.2, 0.25) is 0 Å². The fourth-order valence-corrected chi connectivity index (χ4v) is 4.18. The van der Waals surface area contributed by atoms with Crippen molar-refractivity contribution < 1.29 is 44.1 Å². The summed E-state index contributed by atoms with van der Waals surface area (Å²) in [5.74, 6) is -3.51. The first-order valence-electron chi connectivity index (χ1n) is 14.1. The van der Waals surface area contributed by atoms with Crippen molar-refractivity contribution >= 4 is 29.8 Å². The number of nitrogens with zero attached hydrogens (tertiary/aromatic N) is 4. The highest BCUT2D eigenvalue weighted by molar-refractivity contribution is 5.77. The largest absolute Gasteiger partial charge is 0.480 e. The van der Waals surface area contributed by atoms with Crippen LogP contribution in [0.3, 0.4) is 0 Å². The number of rotatable bonds is 17. The van der Waals surface area contributed by atoms with E-state index in [1.54, 1.807) is 19.6 Å². The van der Waals surface area contributed by atoms with Gasteiger partial charge in [0.15, 0.2) is 0 Å². The van der Waals surface area contributed by atoms with Crippen LogP contribution in [0.1, 0.15) is 32.6 Å². The highest BCUT2D eigenvalue weighted by Crippen LogP contribution is 2.02. The Hall–Kier alpha value is -3.05. The summed E-state index contributed by atoms with van der Waals surface area (Å²) in [7, 11) is 0. The fraction of sp³-hybridized carbons (Fsp3) is 0.800. The summed E-state index contributed by atoms with van der Waals surface area (Å²) < 4.78 is 0. The van der Waals surface area contributed by atoms with Gasteiger partial charge >= 0.3 is 23.9 Å². The second-order valence-corrected chi connectivity index (χ2v) is 9.90. The number of aliphatic carboxylic acids is 3. The van der Waals surface area contributed by atoms with Crippen LogP contribution in [0.4, 0.5) is 4.79 Å². The van der Waals surface area contributed by atoms with Crippen LogP contribution in [0.2, 0.25) is 0 Å². The predicted octanol–water partition coefficient (Wildman–Crippen LogP) is -1.61. The van der Waals surface area contributed by atoms with Gasteiger partial charge in [0.1, 0.15) is 0 Å². The van der Waals surface area contributed by atoms with E-state index < -0.39 is 23.8 Å². The number of carboxylic acid groups (broad SMARTS) is 3. The topological polar surface area (TPSA) is 204 Å². The Balaban J connectivity index is 2.61. The molecule has 3 amide bonds. The molecule has 1 aliphatic heterocycles. The van der Waals surface area contributed by atoms with Crippen LogP contribution >= 0.6 is 0 Å². The average Bonchev–Trinajstić information content (AvgIpc) is 2.89. The summed E-state index contributed by atoms with van der Waals surface area (Å²) in [4.78, 5) is 70.3. The van der Waals surface area contributed by atoms with E-state index in [1.807, 2.05) is 0 Å². The molecular formula is C25H47N7O9. The molecule has 1 heterocycles. The molecule has 0 spiro atoms. The lowest BCUT2D eigenvalue weighted by atomic mass is 10.2. The molecular weight excluding hydrogens is 542 g/mol. The van der Waals surface area contributed by atoms with Crippen LogP contribution in [-0.4, -0.2) is 163 Å². The second-order valence-electron chi connectivity index (χ2n) is 9.90. The summed E-state index contributed by atoms with van der Waals surface area (Å²) in [5.41, 5.74) is 2.34. The zero-order chi connectivity index (χ0) is 30.5. The van der Waals surface area contributed by atoms with E-state index in [4.69, 9.17) is 4.84 Å². The number of carbonyl (C=O) groups is 5. The van der Waals surface area contributed by atoms with Crippen LogP contribution in [-0.2, 0) is 24.0 Å². The Morgan fingerprint density at radius 3 is 1.44 bits per heavy atom. The number of unbranched alkanes of at least 4 members (excludes halogenated alkanes) is 3. The molecule has 0 aromatic rings. The number of amides is 3. The van der Waals surface area contributed by atoms with Gasteiger partial charge in [0.25, 0.3) is 5.91 Å². The van der Waals surface area contributed by atoms with Gasteiger partial charge in [0, 0.05) is 65.4 Å². The van der Waals surface area contributed by atoms with E-state index in [0.29, 0.717) is 58.9 Å². The predicted molar refractivity (Wildman–Crippen MR) is 148 cm³/mol. The van der Waals surface area contributed by atoms with Gasteiger partial charge < -0.3 is 26.0 Å². The summed E-state index contributed by atoms with van der Waals surface area (Å²) in [5, 5.41) is 33.2. The molecule has 0 saturated carbocycles. The van der Waals surface area contributed by atoms with Gasteiger partial charge in [-0.1, -0.05) is 26.2 Å². The Bertz CT molecular complexity index is 786. The first kappa shape index (κ1) is 36.0. The van der Waals surface area contributed by atoms with Gasteiger partial charge in [-0.25, -0.2) is 10.3 Å². The van der Waals surface area contributed by atoms with Gasteiger partial charge in [-0.3, -0.25) is 43.6 Å². The summed E-state index contributed by atoms with van der Waals surface area (Å²) in [6.07, 6.45) is 4.22. The summed E-state index contributed by atoms with van der Waals surface area (Å²) in [6, 6.07) is -0.307. The monoisotopic (exact) mass is 589 g/mol. The van der Waals surface area contributed by atoms with E-state index in [-0.39, 0.29) is 45.4 Å². The number of carbonyl (C=O) groups excluding carboxylic acids is 2. The van der Waals surface area contributed by atoms with Crippen LogP contribution in [0.15, 0.2) is 0 Å². The van der Waals surface area contributed by atoms with Crippen molar-refractivity contribution in [3.8, 4) is 0 Å². The minimum atomic E-state index is -1.03. The molecule has 1 saturated heterocycles. The lowest BCUT2D eigenvalue weighted by Gasteiger charge is -2.32. The van der Waals surface area contributed by atoms with Crippen LogP contribution < -0.4 is 16.1 Å². The quantitative estimate of drug-likeness (QED) is 0.0836. The molecule has 0 aromatic heterocycles. The third kappa shape index (κ3) is 19.6. The maximum absolute atomic E-state index is 12.5. The highest BCUT2D eigenvalue weighted by Gasteiger charge is 2.21. The maximum Gasteiger partial charge on any atom is 0.317 e. The van der Waals surface area contributed by atoms with Crippen LogP contribution in [0, 0.1) is 0 Å². The fourth-order valence-electron chi connectivity index (χ4n) is 4.18. The molecule has 0 aromatic carbocycles. The molecule has 0 atom stereocenters. The SMILES string of the molecule is CCCCCCNC(=O)NCCONC(=O)CN1CCN(CC(=O)O)CCN(CC(=O)O)CCN(CC(=O)O)CC1. The molecule has 1 fully saturated rings. The van der Waals surface area contributed by atoms with Crippen LogP contribution in [0.5, 0.6) is 0 Å². The highest BCUT2D eigenvalue weighted by atomic mass is 16.7. The summed E-state index contributed by atoms with van der Waals surface area (Å²) >= 11 is 0. The number of hydroxylamine groups is 1. The van der Waals surface area contributed by atoms with E-state index >= 15 is 0 Å². The Kier molecular flexibility index (Phi) is 19.0. The van der Waals surface area contributed by atoms with Crippen molar-refractivity contribution in [2.75, 3.05) is 98.2 Å². The number of carboxylic acids is 3. The van der Waals surface area contributed by atoms with Gasteiger partial charge in [-0.2, -0.15) is 0 Å². The number of urea groups is 1. The normalized spacial score (nSPS) is 16.7. The molecule has 0 aliphatic carbocycles. The first-order valence-corrected chi connectivity index (χ1v) is 14.1. The van der Waals surface area contributed by atoms with Crippen molar-refractivity contribution in [3.63, 3.8) is 0 Å². The molecule has 16 heteroatoms. The molecule has 0 radical (unpaired) electrons. The van der Waals surface area contributed by atoms with Gasteiger partial charge in [-0.15, -0.1) is 0 Å². The van der Waals surface area contributed by atoms with E-state index in [1.165, 1.54) is 0 Å². The molecule has 1 aliphatic rings. The van der Waals surface area contributed by atoms with Crippen molar-refractivity contribution in [3.05, 3.63) is 0 Å². The third-order valence-corrected chi connectivity index (χ3v) is 6.37. The number of hydrogen-bond donors (Lipinski definition) is 6. The zero-order valence-electron chi connectivity index (χ0n) is 24.0. The zero-order valence-corrected chi connectivity index (χ0v) is 24.0. The Labute approximate surface area is 240 Å². The molecule has 16 nitrogen and oxygen atoms in total. The molecule has 0 bridgehead atoms. The van der Waals surface area contributed by atoms with E-state index in [0.717, 1.165) is 25.7 Å². The van der Waals surface area contributed by atoms with E-state index in [2.05, 4.69) is 23.0 Å². The van der Waals surface area contributed by atoms with Crippen molar-refractivity contribution in [2.45, 2.75) is 32.6 Å². The Morgan fingerprint density at radius 1 is 0.610 bits per heavy atom. The molecule has 6 N–H and O–H groups in total. The lowest BCUT2D eigenvalue weighted by Crippen LogP contribution is -2.49. The van der Waals surface area contributed by atoms with Gasteiger partial charge in [-0.05, 0) is 6.42 Å². The first-order chi connectivity index (χ1) is 19.6. The van der Waals surface area contributed by atoms with E-state index in [9.17, 15) is 39.3 Å². The number of hydrogen-bond acceptors (Lipinski definition) is 10. The van der Waals surface area contributed by atoms with Crippen LogP contribution in [0.25, 0.3) is 0 Å². The molecule has 0 unspecified atom stereocenters. The minimum Gasteiger partial charge on any atom is -0.480 e. The average molecular weight is 590 g/mol. The lowest BCUT2D eigenvalue weighted by molar-refractivity contribution is -0.141. The maximum atomic E-state index is 12.5. The molecule has 41 heavy (non-hydrogen) atoms. The van der Waals surface area contributed by atoms with Crippen molar-refractivity contribution in [2.24, 2.45) is 0 Å². The Morgan fingerprint density at radius 2 is 1.02 bits per heavy atom. The smallest absolute Gasteiger partial charge is 0.317 e. The third-order valence-electron chi connectivity index (χ3n) is 6.37. The van der Waals surface area contributed by atoms with Gasteiger partial charge in [0.05, 0.1) is 32.8 Å². The second kappa shape index (κ2) is 21.7.